The van der Waals surface area contributed by atoms with Crippen molar-refractivity contribution in [1.82, 2.24) is 14.9 Å². The largest absolute Gasteiger partial charge is 0.451 e. The van der Waals surface area contributed by atoms with Gasteiger partial charge in [0, 0.05) is 30.1 Å². The van der Waals surface area contributed by atoms with Gasteiger partial charge in [0.05, 0.1) is 18.6 Å². The monoisotopic (exact) mass is 428 g/mol. The van der Waals surface area contributed by atoms with Crippen molar-refractivity contribution in [2.45, 2.75) is 57.7 Å². The fraction of sp³-hybridized carbons (Fsp3) is 0.700. The summed E-state index contributed by atoms with van der Waals surface area (Å²) in [6.45, 7) is 7.58. The van der Waals surface area contributed by atoms with E-state index in [9.17, 15) is 13.2 Å². The van der Waals surface area contributed by atoms with E-state index in [-0.39, 0.29) is 5.54 Å². The minimum Gasteiger partial charge on any atom is -0.379 e. The van der Waals surface area contributed by atoms with Crippen LogP contribution in [0.15, 0.2) is 0 Å². The summed E-state index contributed by atoms with van der Waals surface area (Å²) in [5, 5.41) is 4.05. The Morgan fingerprint density at radius 2 is 1.79 bits per heavy atom. The predicted molar refractivity (Wildman–Crippen MR) is 109 cm³/mol. The van der Waals surface area contributed by atoms with E-state index < -0.39 is 12.0 Å². The van der Waals surface area contributed by atoms with Crippen molar-refractivity contribution in [3.8, 4) is 0 Å². The van der Waals surface area contributed by atoms with Gasteiger partial charge < -0.3 is 10.1 Å². The Morgan fingerprint density at radius 1 is 1.10 bits per heavy atom. The molecule has 1 aliphatic heterocycles. The van der Waals surface area contributed by atoms with E-state index in [1.165, 1.54) is 17.8 Å². The molecule has 1 N–H and O–H groups in total. The normalized spacial score (nSPS) is 20.9. The van der Waals surface area contributed by atoms with Gasteiger partial charge in [-0.25, -0.2) is 9.97 Å². The van der Waals surface area contributed by atoms with Crippen molar-refractivity contribution < 1.29 is 17.9 Å². The average Bonchev–Trinajstić information content (AvgIpc) is 3.01. The second-order valence-electron chi connectivity index (χ2n) is 8.09. The quantitative estimate of drug-likeness (QED) is 0.760. The van der Waals surface area contributed by atoms with Gasteiger partial charge in [-0.15, -0.1) is 11.3 Å². The molecule has 3 heterocycles. The molecule has 0 radical (unpaired) electrons. The van der Waals surface area contributed by atoms with Crippen LogP contribution >= 0.6 is 11.3 Å². The summed E-state index contributed by atoms with van der Waals surface area (Å²) in [5.74, 6) is -0.764. The first-order valence-corrected chi connectivity index (χ1v) is 11.0. The lowest BCUT2D eigenvalue weighted by molar-refractivity contribution is -0.144. The van der Waals surface area contributed by atoms with Crippen LogP contribution in [0.3, 0.4) is 0 Å². The predicted octanol–water partition coefficient (Wildman–Crippen LogP) is 4.77. The molecule has 2 aliphatic rings. The molecule has 5 nitrogen and oxygen atoms in total. The summed E-state index contributed by atoms with van der Waals surface area (Å²) in [5.41, 5.74) is 0.890. The molecule has 0 amide bonds. The molecular weight excluding hydrogens is 401 g/mol. The number of nitrogens with one attached hydrogen (secondary N) is 1. The van der Waals surface area contributed by atoms with E-state index in [0.717, 1.165) is 49.2 Å². The Hall–Kier alpha value is -1.45. The van der Waals surface area contributed by atoms with E-state index in [4.69, 9.17) is 4.74 Å². The van der Waals surface area contributed by atoms with E-state index in [1.807, 2.05) is 13.8 Å². The first kappa shape index (κ1) is 20.8. The van der Waals surface area contributed by atoms with Gasteiger partial charge in [-0.1, -0.05) is 19.3 Å². The number of nitrogens with zero attached hydrogens (tertiary/aromatic N) is 3. The third-order valence-corrected chi connectivity index (χ3v) is 7.43. The van der Waals surface area contributed by atoms with Gasteiger partial charge in [-0.2, -0.15) is 13.2 Å². The molecule has 1 aliphatic carbocycles. The molecule has 4 rings (SSSR count). The van der Waals surface area contributed by atoms with Crippen molar-refractivity contribution in [3.05, 3.63) is 16.3 Å². The average molecular weight is 429 g/mol. The molecule has 9 heteroatoms. The number of ether oxygens (including phenoxy) is 1. The van der Waals surface area contributed by atoms with E-state index >= 15 is 0 Å². The Kier molecular flexibility index (Phi) is 5.74. The highest BCUT2D eigenvalue weighted by Gasteiger charge is 2.40. The van der Waals surface area contributed by atoms with E-state index in [0.29, 0.717) is 35.8 Å². The molecule has 2 fully saturated rings. The van der Waals surface area contributed by atoms with Crippen LogP contribution in [-0.4, -0.2) is 53.3 Å². The summed E-state index contributed by atoms with van der Waals surface area (Å²) in [6, 6.07) is 0. The number of thiophene rings is 1. The van der Waals surface area contributed by atoms with Crippen LogP contribution in [0.2, 0.25) is 0 Å². The molecule has 2 aromatic heterocycles. The Morgan fingerprint density at radius 3 is 2.45 bits per heavy atom. The number of aromatic nitrogens is 2. The summed E-state index contributed by atoms with van der Waals surface area (Å²) >= 11 is 1.29. The number of hydrogen-bond donors (Lipinski definition) is 1. The van der Waals surface area contributed by atoms with Crippen molar-refractivity contribution in [3.63, 3.8) is 0 Å². The first-order valence-electron chi connectivity index (χ1n) is 10.2. The van der Waals surface area contributed by atoms with Crippen LogP contribution in [0.1, 0.15) is 48.4 Å². The van der Waals surface area contributed by atoms with Crippen molar-refractivity contribution in [2.75, 3.05) is 38.2 Å². The molecule has 29 heavy (non-hydrogen) atoms. The lowest BCUT2D eigenvalue weighted by Crippen LogP contribution is -2.58. The van der Waals surface area contributed by atoms with Crippen LogP contribution in [-0.2, 0) is 10.9 Å². The minimum absolute atomic E-state index is 0.0589. The summed E-state index contributed by atoms with van der Waals surface area (Å²) < 4.78 is 45.7. The van der Waals surface area contributed by atoms with E-state index in [1.54, 1.807) is 0 Å². The fourth-order valence-electron chi connectivity index (χ4n) is 4.60. The molecule has 0 unspecified atom stereocenters. The molecule has 0 spiro atoms. The lowest BCUT2D eigenvalue weighted by atomic mass is 9.79. The molecule has 1 saturated carbocycles. The Balaban J connectivity index is 1.68. The van der Waals surface area contributed by atoms with Gasteiger partial charge in [0.1, 0.15) is 10.6 Å². The number of morpholine rings is 1. The molecule has 0 atom stereocenters. The molecular formula is C20H27F3N4OS. The second-order valence-corrected chi connectivity index (χ2v) is 9.30. The molecule has 0 bridgehead atoms. The highest BCUT2D eigenvalue weighted by Crippen LogP contribution is 2.39. The Bertz CT molecular complexity index is 871. The number of fused-ring (bicyclic) bond motifs is 1. The van der Waals surface area contributed by atoms with Crippen LogP contribution in [0, 0.1) is 13.8 Å². The number of anilines is 1. The maximum absolute atomic E-state index is 13.4. The first-order chi connectivity index (χ1) is 13.8. The molecule has 2 aromatic rings. The van der Waals surface area contributed by atoms with Crippen LogP contribution in [0.5, 0.6) is 0 Å². The standard InChI is InChI=1S/C20H27F3N4OS/c1-13-14(2)29-17-15(13)16(25-18(26-17)20(21,22)23)24-12-19(6-4-3-5-7-19)27-8-10-28-11-9-27/h3-12H2,1-2H3,(H,24,25,26). The SMILES string of the molecule is Cc1sc2nc(C(F)(F)F)nc(NCC3(N4CCOCC4)CCCCC3)c2c1C. The van der Waals surface area contributed by atoms with Crippen LogP contribution in [0.25, 0.3) is 10.2 Å². The number of alkyl halides is 3. The van der Waals surface area contributed by atoms with Gasteiger partial charge in [-0.3, -0.25) is 4.90 Å². The zero-order valence-corrected chi connectivity index (χ0v) is 17.7. The van der Waals surface area contributed by atoms with Crippen molar-refractivity contribution >= 4 is 27.4 Å². The third-order valence-electron chi connectivity index (χ3n) is 6.33. The molecule has 0 aromatic carbocycles. The van der Waals surface area contributed by atoms with Crippen molar-refractivity contribution in [1.29, 1.82) is 0 Å². The number of aryl methyl sites for hydroxylation is 2. The summed E-state index contributed by atoms with van der Waals surface area (Å²) in [4.78, 5) is 11.6. The highest BCUT2D eigenvalue weighted by molar-refractivity contribution is 7.18. The maximum Gasteiger partial charge on any atom is 0.451 e. The van der Waals surface area contributed by atoms with Crippen LogP contribution in [0.4, 0.5) is 19.0 Å². The smallest absolute Gasteiger partial charge is 0.379 e. The highest BCUT2D eigenvalue weighted by atomic mass is 32.1. The number of halogens is 3. The minimum atomic E-state index is -4.57. The molecule has 1 saturated heterocycles. The summed E-state index contributed by atoms with van der Waals surface area (Å²) in [6.07, 6.45) is 1.02. The second kappa shape index (κ2) is 8.00. The third kappa shape index (κ3) is 4.09. The zero-order valence-electron chi connectivity index (χ0n) is 16.9. The van der Waals surface area contributed by atoms with Gasteiger partial charge in [-0.05, 0) is 32.3 Å². The van der Waals surface area contributed by atoms with Gasteiger partial charge >= 0.3 is 6.18 Å². The Labute approximate surface area is 172 Å². The molecule has 160 valence electrons. The van der Waals surface area contributed by atoms with Crippen LogP contribution < -0.4 is 5.32 Å². The maximum atomic E-state index is 13.4. The van der Waals surface area contributed by atoms with Gasteiger partial charge in [0.15, 0.2) is 0 Å². The van der Waals surface area contributed by atoms with E-state index in [2.05, 4.69) is 20.2 Å². The topological polar surface area (TPSA) is 50.3 Å². The van der Waals surface area contributed by atoms with Gasteiger partial charge in [0.25, 0.3) is 0 Å². The number of rotatable bonds is 4. The van der Waals surface area contributed by atoms with Crippen molar-refractivity contribution in [2.24, 2.45) is 0 Å². The zero-order chi connectivity index (χ0) is 20.6. The van der Waals surface area contributed by atoms with Gasteiger partial charge in [0.2, 0.25) is 5.82 Å². The summed E-state index contributed by atoms with van der Waals surface area (Å²) in [7, 11) is 0. The number of hydrogen-bond acceptors (Lipinski definition) is 6. The lowest BCUT2D eigenvalue weighted by Gasteiger charge is -2.48. The fourth-order valence-corrected chi connectivity index (χ4v) is 5.63.